The molecule has 1 aliphatic rings. The number of hydrogen-bond acceptors (Lipinski definition) is 5. The Kier molecular flexibility index (Phi) is 7.65. The van der Waals surface area contributed by atoms with Gasteiger partial charge in [0.25, 0.3) is 5.91 Å². The molecule has 0 unspecified atom stereocenters. The Balaban J connectivity index is 1.63. The zero-order valence-corrected chi connectivity index (χ0v) is 17.5. The molecule has 1 aliphatic heterocycles. The average Bonchev–Trinajstić information content (AvgIpc) is 2.75. The molecule has 7 nitrogen and oxygen atoms in total. The van der Waals surface area contributed by atoms with Crippen LogP contribution in [0.1, 0.15) is 58.5 Å². The van der Waals surface area contributed by atoms with E-state index in [4.69, 9.17) is 26.2 Å². The van der Waals surface area contributed by atoms with Crippen LogP contribution in [0.3, 0.4) is 0 Å². The van der Waals surface area contributed by atoms with Crippen molar-refractivity contribution in [3.63, 3.8) is 0 Å². The number of nitrogens with zero attached hydrogens (tertiary/aromatic N) is 1. The summed E-state index contributed by atoms with van der Waals surface area (Å²) < 4.78 is 11.2. The van der Waals surface area contributed by atoms with E-state index >= 15 is 0 Å². The minimum Gasteiger partial charge on any atom is -0.478 e. The molecule has 3 rings (SSSR count). The predicted molar refractivity (Wildman–Crippen MR) is 112 cm³/mol. The van der Waals surface area contributed by atoms with Gasteiger partial charge in [-0.3, -0.25) is 4.79 Å². The minimum atomic E-state index is -0.995. The number of aromatic carboxylic acids is 1. The molecular formula is C22H25ClN2O5. The van der Waals surface area contributed by atoms with Gasteiger partial charge in [0.1, 0.15) is 5.56 Å². The largest absolute Gasteiger partial charge is 0.478 e. The van der Waals surface area contributed by atoms with E-state index in [1.807, 2.05) is 6.92 Å². The molecule has 1 amide bonds. The van der Waals surface area contributed by atoms with E-state index in [0.717, 1.165) is 38.0 Å². The summed E-state index contributed by atoms with van der Waals surface area (Å²) in [6, 6.07) is 7.56. The molecule has 1 saturated heterocycles. The van der Waals surface area contributed by atoms with Crippen molar-refractivity contribution in [1.29, 1.82) is 0 Å². The van der Waals surface area contributed by atoms with Gasteiger partial charge in [-0.2, -0.15) is 0 Å². The van der Waals surface area contributed by atoms with Crippen LogP contribution in [0.5, 0.6) is 5.88 Å². The fraction of sp³-hybridized carbons (Fsp3) is 0.409. The first-order valence-electron chi connectivity index (χ1n) is 9.94. The number of nitrogens with one attached hydrogen (secondary N) is 1. The lowest BCUT2D eigenvalue weighted by atomic mass is 9.97. The SMILES string of the molecule is C[C@H](NC(=O)c1cc(Cl)cnc1OCCC1CCOCC1)c1ccc(C(=O)O)cc1. The van der Waals surface area contributed by atoms with Crippen molar-refractivity contribution in [2.45, 2.75) is 32.2 Å². The van der Waals surface area contributed by atoms with Crippen LogP contribution < -0.4 is 10.1 Å². The maximum absolute atomic E-state index is 12.8. The number of hydrogen-bond donors (Lipinski definition) is 2. The highest BCUT2D eigenvalue weighted by molar-refractivity contribution is 6.30. The number of carbonyl (C=O) groups is 2. The highest BCUT2D eigenvalue weighted by Crippen LogP contribution is 2.23. The number of benzene rings is 1. The maximum atomic E-state index is 12.8. The Hall–Kier alpha value is -2.64. The third-order valence-electron chi connectivity index (χ3n) is 5.17. The van der Waals surface area contributed by atoms with Crippen LogP contribution in [0.25, 0.3) is 0 Å². The first-order valence-corrected chi connectivity index (χ1v) is 10.3. The topological polar surface area (TPSA) is 97.8 Å². The lowest BCUT2D eigenvalue weighted by molar-refractivity contribution is 0.0590. The molecule has 0 radical (unpaired) electrons. The number of carboxylic acid groups (broad SMARTS) is 1. The minimum absolute atomic E-state index is 0.191. The summed E-state index contributed by atoms with van der Waals surface area (Å²) in [6.07, 6.45) is 4.36. The van der Waals surface area contributed by atoms with Gasteiger partial charge >= 0.3 is 5.97 Å². The number of aromatic nitrogens is 1. The van der Waals surface area contributed by atoms with E-state index in [1.54, 1.807) is 12.1 Å². The van der Waals surface area contributed by atoms with Gasteiger partial charge < -0.3 is 19.9 Å². The van der Waals surface area contributed by atoms with Crippen molar-refractivity contribution >= 4 is 23.5 Å². The molecule has 0 bridgehead atoms. The molecule has 2 N–H and O–H groups in total. The second-order valence-corrected chi connectivity index (χ2v) is 7.76. The number of carbonyl (C=O) groups excluding carboxylic acids is 1. The van der Waals surface area contributed by atoms with Crippen molar-refractivity contribution in [3.8, 4) is 5.88 Å². The quantitative estimate of drug-likeness (QED) is 0.651. The summed E-state index contributed by atoms with van der Waals surface area (Å²) in [6.45, 7) is 3.84. The number of pyridine rings is 1. The predicted octanol–water partition coefficient (Wildman–Crippen LogP) is 4.12. The lowest BCUT2D eigenvalue weighted by Gasteiger charge is -2.22. The number of amides is 1. The summed E-state index contributed by atoms with van der Waals surface area (Å²) in [7, 11) is 0. The van der Waals surface area contributed by atoms with Crippen LogP contribution in [-0.4, -0.2) is 41.8 Å². The zero-order valence-electron chi connectivity index (χ0n) is 16.8. The van der Waals surface area contributed by atoms with E-state index in [9.17, 15) is 9.59 Å². The number of carboxylic acids is 1. The third-order valence-corrected chi connectivity index (χ3v) is 5.38. The molecule has 1 fully saturated rings. The first kappa shape index (κ1) is 22.1. The van der Waals surface area contributed by atoms with Crippen LogP contribution in [0.15, 0.2) is 36.5 Å². The second kappa shape index (κ2) is 10.4. The normalized spacial score (nSPS) is 15.4. The standard InChI is InChI=1S/C22H25ClN2O5/c1-14(16-2-4-17(5-3-16)22(27)28)25-20(26)19-12-18(23)13-24-21(19)30-11-8-15-6-9-29-10-7-15/h2-5,12-15H,6-11H2,1H3,(H,25,26)(H,27,28)/t14-/m0/s1. The second-order valence-electron chi connectivity index (χ2n) is 7.32. The van der Waals surface area contributed by atoms with Gasteiger partial charge in [0, 0.05) is 19.4 Å². The van der Waals surface area contributed by atoms with E-state index in [-0.39, 0.29) is 29.0 Å². The summed E-state index contributed by atoms with van der Waals surface area (Å²) in [5, 5.41) is 12.2. The third kappa shape index (κ3) is 5.93. The monoisotopic (exact) mass is 432 g/mol. The van der Waals surface area contributed by atoms with Crippen LogP contribution in [0.2, 0.25) is 5.02 Å². The number of ether oxygens (including phenoxy) is 2. The van der Waals surface area contributed by atoms with Crippen LogP contribution in [0, 0.1) is 5.92 Å². The van der Waals surface area contributed by atoms with Gasteiger partial charge in [0.2, 0.25) is 5.88 Å². The van der Waals surface area contributed by atoms with E-state index in [1.165, 1.54) is 24.4 Å². The fourth-order valence-electron chi connectivity index (χ4n) is 3.33. The van der Waals surface area contributed by atoms with Gasteiger partial charge in [-0.1, -0.05) is 23.7 Å². The zero-order chi connectivity index (χ0) is 21.5. The molecule has 2 aromatic rings. The fourth-order valence-corrected chi connectivity index (χ4v) is 3.49. The molecule has 1 aromatic heterocycles. The van der Waals surface area contributed by atoms with Crippen LogP contribution >= 0.6 is 11.6 Å². The van der Waals surface area contributed by atoms with Gasteiger partial charge in [0.15, 0.2) is 0 Å². The first-order chi connectivity index (χ1) is 14.4. The molecule has 160 valence electrons. The highest BCUT2D eigenvalue weighted by Gasteiger charge is 2.19. The molecule has 1 atom stereocenters. The molecule has 0 aliphatic carbocycles. The Morgan fingerprint density at radius 3 is 2.67 bits per heavy atom. The van der Waals surface area contributed by atoms with Crippen molar-refractivity contribution in [2.75, 3.05) is 19.8 Å². The summed E-state index contributed by atoms with van der Waals surface area (Å²) in [5.41, 5.74) is 1.24. The Morgan fingerprint density at radius 2 is 2.00 bits per heavy atom. The van der Waals surface area contributed by atoms with Crippen LogP contribution in [0.4, 0.5) is 0 Å². The van der Waals surface area contributed by atoms with Gasteiger partial charge in [-0.05, 0) is 55.9 Å². The lowest BCUT2D eigenvalue weighted by Crippen LogP contribution is -2.27. The maximum Gasteiger partial charge on any atom is 0.335 e. The Labute approximate surface area is 180 Å². The van der Waals surface area contributed by atoms with E-state index in [2.05, 4.69) is 10.3 Å². The number of halogens is 1. The summed E-state index contributed by atoms with van der Waals surface area (Å²) in [5.74, 6) is -0.554. The van der Waals surface area contributed by atoms with Crippen LogP contribution in [-0.2, 0) is 4.74 Å². The van der Waals surface area contributed by atoms with E-state index < -0.39 is 5.97 Å². The highest BCUT2D eigenvalue weighted by atomic mass is 35.5. The van der Waals surface area contributed by atoms with Crippen molar-refractivity contribution in [2.24, 2.45) is 5.92 Å². The molecular weight excluding hydrogens is 408 g/mol. The molecule has 1 aromatic carbocycles. The van der Waals surface area contributed by atoms with Gasteiger partial charge in [0.05, 0.1) is 23.2 Å². The molecule has 0 saturated carbocycles. The van der Waals surface area contributed by atoms with Crippen molar-refractivity contribution in [3.05, 3.63) is 58.2 Å². The summed E-state index contributed by atoms with van der Waals surface area (Å²) in [4.78, 5) is 28.0. The summed E-state index contributed by atoms with van der Waals surface area (Å²) >= 11 is 6.05. The van der Waals surface area contributed by atoms with Gasteiger partial charge in [-0.15, -0.1) is 0 Å². The smallest absolute Gasteiger partial charge is 0.335 e. The van der Waals surface area contributed by atoms with Crippen molar-refractivity contribution < 1.29 is 24.2 Å². The average molecular weight is 433 g/mol. The molecule has 30 heavy (non-hydrogen) atoms. The molecule has 0 spiro atoms. The van der Waals surface area contributed by atoms with Crippen molar-refractivity contribution in [1.82, 2.24) is 10.3 Å². The number of rotatable bonds is 8. The van der Waals surface area contributed by atoms with Gasteiger partial charge in [-0.25, -0.2) is 9.78 Å². The Bertz CT molecular complexity index is 882. The molecule has 2 heterocycles. The van der Waals surface area contributed by atoms with E-state index in [0.29, 0.717) is 17.5 Å². The Morgan fingerprint density at radius 1 is 1.30 bits per heavy atom. The molecule has 8 heteroatoms.